The minimum atomic E-state index is -0.353. The van der Waals surface area contributed by atoms with Crippen LogP contribution in [0.2, 0.25) is 0 Å². The molecule has 0 spiro atoms. The molecule has 1 aliphatic heterocycles. The van der Waals surface area contributed by atoms with Gasteiger partial charge in [0.25, 0.3) is 0 Å². The van der Waals surface area contributed by atoms with Gasteiger partial charge >= 0.3 is 0 Å². The predicted octanol–water partition coefficient (Wildman–Crippen LogP) is 2.42. The van der Waals surface area contributed by atoms with Gasteiger partial charge in [-0.3, -0.25) is 9.59 Å². The molecule has 6 nitrogen and oxygen atoms in total. The molecule has 25 heavy (non-hydrogen) atoms. The molecule has 2 N–H and O–H groups in total. The van der Waals surface area contributed by atoms with Gasteiger partial charge in [0.1, 0.15) is 11.6 Å². The van der Waals surface area contributed by atoms with E-state index in [2.05, 4.69) is 5.10 Å². The average Bonchev–Trinajstić information content (AvgIpc) is 3.02. The molecule has 3 rings (SSSR count). The van der Waals surface area contributed by atoms with Crippen molar-refractivity contribution in [3.8, 4) is 5.69 Å². The van der Waals surface area contributed by atoms with Crippen molar-refractivity contribution in [2.75, 3.05) is 18.8 Å². The zero-order valence-corrected chi connectivity index (χ0v) is 14.1. The van der Waals surface area contributed by atoms with Gasteiger partial charge in [0.05, 0.1) is 17.4 Å². The molecule has 1 saturated heterocycles. The Morgan fingerprint density at radius 3 is 2.72 bits per heavy atom. The molecule has 1 unspecified atom stereocenters. The van der Waals surface area contributed by atoms with E-state index in [1.54, 1.807) is 17.0 Å². The lowest BCUT2D eigenvalue weighted by Crippen LogP contribution is -2.42. The summed E-state index contributed by atoms with van der Waals surface area (Å²) < 4.78 is 14.5. The maximum atomic E-state index is 13.1. The van der Waals surface area contributed by atoms with Gasteiger partial charge in [-0.25, -0.2) is 9.07 Å². The Hall–Kier alpha value is -2.70. The Bertz CT molecular complexity index is 785. The summed E-state index contributed by atoms with van der Waals surface area (Å²) in [5, 5.41) is 4.17. The van der Waals surface area contributed by atoms with Crippen molar-refractivity contribution in [1.29, 1.82) is 0 Å². The Morgan fingerprint density at radius 2 is 2.04 bits per heavy atom. The fourth-order valence-electron chi connectivity index (χ4n) is 3.20. The summed E-state index contributed by atoms with van der Waals surface area (Å²) in [4.78, 5) is 26.5. The lowest BCUT2D eigenvalue weighted by atomic mass is 9.90. The van der Waals surface area contributed by atoms with Gasteiger partial charge in [0.2, 0.25) is 5.91 Å². The normalized spacial score (nSPS) is 17.5. The quantitative estimate of drug-likeness (QED) is 0.864. The zero-order chi connectivity index (χ0) is 18.0. The number of carbonyl (C=O) groups excluding carboxylic acids is 2. The van der Waals surface area contributed by atoms with Crippen molar-refractivity contribution in [1.82, 2.24) is 14.7 Å². The maximum absolute atomic E-state index is 13.1. The maximum Gasteiger partial charge on any atom is 0.222 e. The number of aromatic nitrogens is 2. The Morgan fingerprint density at radius 1 is 1.32 bits per heavy atom. The number of piperidine rings is 1. The lowest BCUT2D eigenvalue weighted by molar-refractivity contribution is -0.132. The zero-order valence-electron chi connectivity index (χ0n) is 14.1. The standard InChI is InChI=1S/C18H21FN4O2/c1-2-16(24)22-9-3-4-12(11-22)17(25)15-10-21-23(18(15)20)14-7-5-13(19)6-8-14/h5-8,10,12H,2-4,9,11,20H2,1H3. The van der Waals surface area contributed by atoms with E-state index in [9.17, 15) is 14.0 Å². The van der Waals surface area contributed by atoms with Gasteiger partial charge in [-0.1, -0.05) is 6.92 Å². The van der Waals surface area contributed by atoms with E-state index >= 15 is 0 Å². The number of hydrogen-bond acceptors (Lipinski definition) is 4. The van der Waals surface area contributed by atoms with Gasteiger partial charge in [-0.15, -0.1) is 0 Å². The van der Waals surface area contributed by atoms with Crippen LogP contribution in [0.4, 0.5) is 10.2 Å². The largest absolute Gasteiger partial charge is 0.383 e. The van der Waals surface area contributed by atoms with E-state index in [1.807, 2.05) is 6.92 Å². The number of ketones is 1. The van der Waals surface area contributed by atoms with Crippen LogP contribution in [-0.4, -0.2) is 39.5 Å². The number of anilines is 1. The number of nitrogens with two attached hydrogens (primary N) is 1. The molecule has 2 aromatic rings. The SMILES string of the molecule is CCC(=O)N1CCCC(C(=O)c2cnn(-c3ccc(F)cc3)c2N)C1. The third-order valence-electron chi connectivity index (χ3n) is 4.59. The van der Waals surface area contributed by atoms with Gasteiger partial charge in [-0.2, -0.15) is 5.10 Å². The molecule has 0 saturated carbocycles. The molecular weight excluding hydrogens is 323 g/mol. The lowest BCUT2D eigenvalue weighted by Gasteiger charge is -2.31. The van der Waals surface area contributed by atoms with Crippen LogP contribution in [0.5, 0.6) is 0 Å². The molecule has 1 amide bonds. The van der Waals surface area contributed by atoms with Crippen molar-refractivity contribution in [3.63, 3.8) is 0 Å². The first-order valence-corrected chi connectivity index (χ1v) is 8.42. The number of rotatable bonds is 4. The van der Waals surface area contributed by atoms with Crippen molar-refractivity contribution >= 4 is 17.5 Å². The Balaban J connectivity index is 1.81. The van der Waals surface area contributed by atoms with Crippen molar-refractivity contribution < 1.29 is 14.0 Å². The van der Waals surface area contributed by atoms with Crippen LogP contribution >= 0.6 is 0 Å². The van der Waals surface area contributed by atoms with E-state index < -0.39 is 0 Å². The molecule has 0 bridgehead atoms. The summed E-state index contributed by atoms with van der Waals surface area (Å²) >= 11 is 0. The number of amides is 1. The summed E-state index contributed by atoms with van der Waals surface area (Å²) in [6.07, 6.45) is 3.41. The third kappa shape index (κ3) is 3.40. The first kappa shape index (κ1) is 17.1. The first-order chi connectivity index (χ1) is 12.0. The van der Waals surface area contributed by atoms with Crippen LogP contribution in [0.25, 0.3) is 5.69 Å². The molecule has 1 aromatic carbocycles. The first-order valence-electron chi connectivity index (χ1n) is 8.42. The highest BCUT2D eigenvalue weighted by Gasteiger charge is 2.30. The predicted molar refractivity (Wildman–Crippen MR) is 91.9 cm³/mol. The molecule has 1 fully saturated rings. The molecular formula is C18H21FN4O2. The summed E-state index contributed by atoms with van der Waals surface area (Å²) in [6, 6.07) is 5.73. The number of halogens is 1. The van der Waals surface area contributed by atoms with Crippen LogP contribution in [0.3, 0.4) is 0 Å². The molecule has 0 radical (unpaired) electrons. The van der Waals surface area contributed by atoms with E-state index in [0.29, 0.717) is 30.8 Å². The van der Waals surface area contributed by atoms with Gasteiger partial charge in [0, 0.05) is 25.4 Å². The van der Waals surface area contributed by atoms with E-state index in [0.717, 1.165) is 12.8 Å². The Kier molecular flexibility index (Phi) is 4.83. The molecule has 2 heterocycles. The van der Waals surface area contributed by atoms with Gasteiger partial charge in [-0.05, 0) is 37.1 Å². The number of hydrogen-bond donors (Lipinski definition) is 1. The minimum absolute atomic E-state index is 0.0625. The van der Waals surface area contributed by atoms with Crippen LogP contribution in [0, 0.1) is 11.7 Å². The number of nitrogen functional groups attached to an aromatic ring is 1. The van der Waals surface area contributed by atoms with Crippen molar-refractivity contribution in [3.05, 3.63) is 41.8 Å². The monoisotopic (exact) mass is 344 g/mol. The van der Waals surface area contributed by atoms with Crippen molar-refractivity contribution in [2.24, 2.45) is 5.92 Å². The second-order valence-corrected chi connectivity index (χ2v) is 6.23. The second-order valence-electron chi connectivity index (χ2n) is 6.23. The third-order valence-corrected chi connectivity index (χ3v) is 4.59. The number of likely N-dealkylation sites (tertiary alicyclic amines) is 1. The fraction of sp³-hybridized carbons (Fsp3) is 0.389. The smallest absolute Gasteiger partial charge is 0.222 e. The number of carbonyl (C=O) groups is 2. The molecule has 132 valence electrons. The topological polar surface area (TPSA) is 81.2 Å². The minimum Gasteiger partial charge on any atom is -0.383 e. The van der Waals surface area contributed by atoms with E-state index in [1.165, 1.54) is 23.0 Å². The van der Waals surface area contributed by atoms with Crippen LogP contribution in [0.1, 0.15) is 36.5 Å². The van der Waals surface area contributed by atoms with Crippen molar-refractivity contribution in [2.45, 2.75) is 26.2 Å². The summed E-state index contributed by atoms with van der Waals surface area (Å²) in [7, 11) is 0. The van der Waals surface area contributed by atoms with Crippen LogP contribution in [0.15, 0.2) is 30.5 Å². The van der Waals surface area contributed by atoms with E-state index in [-0.39, 0.29) is 29.2 Å². The van der Waals surface area contributed by atoms with Gasteiger partial charge in [0.15, 0.2) is 5.78 Å². The molecule has 7 heteroatoms. The van der Waals surface area contributed by atoms with Crippen LogP contribution in [-0.2, 0) is 4.79 Å². The van der Waals surface area contributed by atoms with Crippen LogP contribution < -0.4 is 5.73 Å². The summed E-state index contributed by atoms with van der Waals surface area (Å²) in [6.45, 7) is 2.94. The van der Waals surface area contributed by atoms with E-state index in [4.69, 9.17) is 5.73 Å². The Labute approximate surface area is 145 Å². The highest BCUT2D eigenvalue weighted by atomic mass is 19.1. The van der Waals surface area contributed by atoms with Gasteiger partial charge < -0.3 is 10.6 Å². The molecule has 1 atom stereocenters. The second kappa shape index (κ2) is 7.04. The highest BCUT2D eigenvalue weighted by molar-refractivity contribution is 6.02. The number of Topliss-reactive ketones (excluding diaryl/α,β-unsaturated/α-hetero) is 1. The fourth-order valence-corrected chi connectivity index (χ4v) is 3.20. The number of benzene rings is 1. The summed E-state index contributed by atoms with van der Waals surface area (Å²) in [5.74, 6) is -0.423. The summed E-state index contributed by atoms with van der Waals surface area (Å²) in [5.41, 5.74) is 7.04. The highest BCUT2D eigenvalue weighted by Crippen LogP contribution is 2.25. The molecule has 0 aliphatic carbocycles. The number of nitrogens with zero attached hydrogens (tertiary/aromatic N) is 3. The molecule has 1 aliphatic rings. The molecule has 1 aromatic heterocycles. The average molecular weight is 344 g/mol.